The van der Waals surface area contributed by atoms with Crippen molar-refractivity contribution in [1.82, 2.24) is 4.98 Å². The van der Waals surface area contributed by atoms with E-state index in [0.29, 0.717) is 48.2 Å². The summed E-state index contributed by atoms with van der Waals surface area (Å²) in [6, 6.07) is 1.62. The Morgan fingerprint density at radius 2 is 1.95 bits per heavy atom. The van der Waals surface area contributed by atoms with Gasteiger partial charge >= 0.3 is 0 Å². The Morgan fingerprint density at radius 1 is 1.15 bits per heavy atom. The summed E-state index contributed by atoms with van der Waals surface area (Å²) in [5.41, 5.74) is 0. The first-order chi connectivity index (χ1) is 9.69. The van der Waals surface area contributed by atoms with Crippen molar-refractivity contribution >= 4 is 29.0 Å². The van der Waals surface area contributed by atoms with E-state index in [0.717, 1.165) is 13.0 Å². The minimum atomic E-state index is 0.379. The van der Waals surface area contributed by atoms with Crippen LogP contribution in [0.4, 0.5) is 5.82 Å². The van der Waals surface area contributed by atoms with E-state index in [-0.39, 0.29) is 0 Å². The normalized spacial score (nSPS) is 10.6. The molecule has 1 N–H and O–H groups in total. The van der Waals surface area contributed by atoms with Gasteiger partial charge in [0, 0.05) is 26.7 Å². The van der Waals surface area contributed by atoms with E-state index in [1.807, 2.05) is 6.92 Å². The Labute approximate surface area is 129 Å². The van der Waals surface area contributed by atoms with Gasteiger partial charge in [0.2, 0.25) is 5.88 Å². The van der Waals surface area contributed by atoms with E-state index in [4.69, 9.17) is 37.4 Å². The molecule has 1 heterocycles. The Hall–Kier alpha value is -0.750. The van der Waals surface area contributed by atoms with Gasteiger partial charge in [0.25, 0.3) is 0 Å². The van der Waals surface area contributed by atoms with Gasteiger partial charge in [-0.1, -0.05) is 23.2 Å². The van der Waals surface area contributed by atoms with Crippen LogP contribution in [0.3, 0.4) is 0 Å². The van der Waals surface area contributed by atoms with Gasteiger partial charge in [-0.3, -0.25) is 0 Å². The van der Waals surface area contributed by atoms with Gasteiger partial charge in [-0.05, 0) is 13.0 Å². The third-order valence-electron chi connectivity index (χ3n) is 2.35. The van der Waals surface area contributed by atoms with Crippen molar-refractivity contribution < 1.29 is 14.2 Å². The van der Waals surface area contributed by atoms with Gasteiger partial charge in [-0.15, -0.1) is 0 Å². The molecule has 7 heteroatoms. The maximum atomic E-state index is 6.04. The summed E-state index contributed by atoms with van der Waals surface area (Å²) in [6.07, 6.45) is 0.751. The van der Waals surface area contributed by atoms with Crippen LogP contribution in [0.2, 0.25) is 10.0 Å². The molecule has 0 atom stereocenters. The van der Waals surface area contributed by atoms with Crippen molar-refractivity contribution in [3.05, 3.63) is 16.1 Å². The molecule has 0 saturated carbocycles. The van der Waals surface area contributed by atoms with E-state index in [9.17, 15) is 0 Å². The van der Waals surface area contributed by atoms with Crippen molar-refractivity contribution in [3.8, 4) is 5.88 Å². The average molecular weight is 323 g/mol. The van der Waals surface area contributed by atoms with Gasteiger partial charge in [0.15, 0.2) is 0 Å². The number of rotatable bonds is 10. The first-order valence-electron chi connectivity index (χ1n) is 6.48. The lowest BCUT2D eigenvalue weighted by Crippen LogP contribution is -2.08. The topological polar surface area (TPSA) is 52.6 Å². The highest BCUT2D eigenvalue weighted by Crippen LogP contribution is 2.30. The van der Waals surface area contributed by atoms with Gasteiger partial charge < -0.3 is 19.5 Å². The van der Waals surface area contributed by atoms with E-state index in [2.05, 4.69) is 10.3 Å². The molecule has 0 aromatic carbocycles. The van der Waals surface area contributed by atoms with Crippen LogP contribution < -0.4 is 10.1 Å². The van der Waals surface area contributed by atoms with E-state index >= 15 is 0 Å². The molecule has 0 unspecified atom stereocenters. The van der Waals surface area contributed by atoms with Crippen LogP contribution in [0.5, 0.6) is 5.88 Å². The van der Waals surface area contributed by atoms with E-state index in [1.54, 1.807) is 13.2 Å². The highest BCUT2D eigenvalue weighted by Gasteiger charge is 2.09. The van der Waals surface area contributed by atoms with E-state index < -0.39 is 0 Å². The number of nitrogens with one attached hydrogen (secondary N) is 1. The summed E-state index contributed by atoms with van der Waals surface area (Å²) in [5.74, 6) is 0.953. The summed E-state index contributed by atoms with van der Waals surface area (Å²) < 4.78 is 15.7. The van der Waals surface area contributed by atoms with Crippen LogP contribution >= 0.6 is 23.2 Å². The molecular weight excluding hydrogens is 303 g/mol. The quantitative estimate of drug-likeness (QED) is 0.670. The number of pyridine rings is 1. The third-order valence-corrected chi connectivity index (χ3v) is 2.90. The van der Waals surface area contributed by atoms with Crippen LogP contribution in [-0.4, -0.2) is 45.1 Å². The fourth-order valence-electron chi connectivity index (χ4n) is 1.42. The van der Waals surface area contributed by atoms with Crippen molar-refractivity contribution in [2.24, 2.45) is 0 Å². The third kappa shape index (κ3) is 6.13. The molecule has 114 valence electrons. The second-order valence-corrected chi connectivity index (χ2v) is 4.76. The van der Waals surface area contributed by atoms with Gasteiger partial charge in [-0.25, -0.2) is 0 Å². The van der Waals surface area contributed by atoms with Gasteiger partial charge in [0.05, 0.1) is 24.8 Å². The van der Waals surface area contributed by atoms with Crippen LogP contribution in [0.15, 0.2) is 6.07 Å². The number of hydrogen-bond acceptors (Lipinski definition) is 5. The largest absolute Gasteiger partial charge is 0.476 e. The number of hydrogen-bond donors (Lipinski definition) is 1. The molecule has 0 spiro atoms. The first-order valence-corrected chi connectivity index (χ1v) is 7.24. The van der Waals surface area contributed by atoms with Gasteiger partial charge in [0.1, 0.15) is 10.8 Å². The zero-order valence-electron chi connectivity index (χ0n) is 11.7. The number of anilines is 1. The molecule has 0 aliphatic rings. The Morgan fingerprint density at radius 3 is 2.65 bits per heavy atom. The summed E-state index contributed by atoms with van der Waals surface area (Å²) in [6.45, 7) is 4.95. The number of ether oxygens (including phenoxy) is 3. The van der Waals surface area contributed by atoms with Gasteiger partial charge in [-0.2, -0.15) is 4.98 Å². The monoisotopic (exact) mass is 322 g/mol. The molecule has 0 aliphatic carbocycles. The smallest absolute Gasteiger partial charge is 0.234 e. The molecule has 0 amide bonds. The first kappa shape index (κ1) is 17.3. The molecule has 1 aromatic heterocycles. The average Bonchev–Trinajstić information content (AvgIpc) is 2.42. The predicted octanol–water partition coefficient (Wildman–Crippen LogP) is 3.25. The molecule has 20 heavy (non-hydrogen) atoms. The fraction of sp³-hybridized carbons (Fsp3) is 0.615. The van der Waals surface area contributed by atoms with Crippen molar-refractivity contribution in [2.45, 2.75) is 13.3 Å². The second kappa shape index (κ2) is 10.0. The highest BCUT2D eigenvalue weighted by atomic mass is 35.5. The van der Waals surface area contributed by atoms with E-state index in [1.165, 1.54) is 0 Å². The lowest BCUT2D eigenvalue weighted by atomic mass is 10.4. The summed E-state index contributed by atoms with van der Waals surface area (Å²) in [5, 5.41) is 3.93. The predicted molar refractivity (Wildman–Crippen MR) is 81.2 cm³/mol. The number of nitrogens with zero attached hydrogens (tertiary/aromatic N) is 1. The van der Waals surface area contributed by atoms with Crippen LogP contribution in [0.25, 0.3) is 0 Å². The summed E-state index contributed by atoms with van der Waals surface area (Å²) >= 11 is 12.1. The molecule has 0 bridgehead atoms. The van der Waals surface area contributed by atoms with Crippen LogP contribution in [0, 0.1) is 0 Å². The second-order valence-electron chi connectivity index (χ2n) is 3.94. The number of halogens is 2. The molecule has 0 fully saturated rings. The zero-order valence-corrected chi connectivity index (χ0v) is 13.3. The Balaban J connectivity index is 2.37. The SMILES string of the molecule is CCNc1nc(OCCCOCCOC)c(Cl)cc1Cl. The molecular formula is C13H20Cl2N2O3. The highest BCUT2D eigenvalue weighted by molar-refractivity contribution is 6.36. The Kier molecular flexibility index (Phi) is 8.69. The minimum Gasteiger partial charge on any atom is -0.476 e. The van der Waals surface area contributed by atoms with Crippen molar-refractivity contribution in [3.63, 3.8) is 0 Å². The summed E-state index contributed by atoms with van der Waals surface area (Å²) in [7, 11) is 1.64. The standard InChI is InChI=1S/C13H20Cl2N2O3/c1-3-16-12-10(14)9-11(15)13(17-12)20-6-4-5-19-8-7-18-2/h9H,3-8H2,1-2H3,(H,16,17). The lowest BCUT2D eigenvalue weighted by molar-refractivity contribution is 0.0642. The molecule has 1 rings (SSSR count). The maximum absolute atomic E-state index is 6.04. The van der Waals surface area contributed by atoms with Crippen molar-refractivity contribution in [1.29, 1.82) is 0 Å². The zero-order chi connectivity index (χ0) is 14.8. The lowest BCUT2D eigenvalue weighted by Gasteiger charge is -2.11. The molecule has 0 saturated heterocycles. The van der Waals surface area contributed by atoms with Crippen molar-refractivity contribution in [2.75, 3.05) is 45.4 Å². The molecule has 0 aliphatic heterocycles. The number of aromatic nitrogens is 1. The van der Waals surface area contributed by atoms with Crippen LogP contribution in [-0.2, 0) is 9.47 Å². The van der Waals surface area contributed by atoms with Crippen LogP contribution in [0.1, 0.15) is 13.3 Å². The minimum absolute atomic E-state index is 0.379. The molecule has 1 aromatic rings. The molecule has 5 nitrogen and oxygen atoms in total. The summed E-state index contributed by atoms with van der Waals surface area (Å²) in [4.78, 5) is 4.25. The Bertz CT molecular complexity index is 405. The fourth-order valence-corrected chi connectivity index (χ4v) is 1.90. The number of methoxy groups -OCH3 is 1. The maximum Gasteiger partial charge on any atom is 0.234 e. The molecule has 0 radical (unpaired) electrons.